The van der Waals surface area contributed by atoms with E-state index in [4.69, 9.17) is 8.37 Å². The van der Waals surface area contributed by atoms with Gasteiger partial charge in [0.05, 0.1) is 0 Å². The number of hydrogen-bond donors (Lipinski definition) is 2. The predicted molar refractivity (Wildman–Crippen MR) is 69.7 cm³/mol. The molecule has 2 nitrogen and oxygen atoms in total. The van der Waals surface area contributed by atoms with Crippen molar-refractivity contribution in [2.45, 2.75) is 56.8 Å². The Morgan fingerprint density at radius 1 is 1.14 bits per heavy atom. The van der Waals surface area contributed by atoms with E-state index >= 15 is 0 Å². The van der Waals surface area contributed by atoms with Crippen LogP contribution in [-0.2, 0) is 8.37 Å². The number of hydrogen-bond acceptors (Lipinski definition) is 5. The molecule has 1 atom stereocenters. The molecule has 14 heavy (non-hydrogen) atoms. The van der Waals surface area contributed by atoms with Gasteiger partial charge in [-0.05, 0) is 39.1 Å². The van der Waals surface area contributed by atoms with Crippen LogP contribution in [0, 0.1) is 0 Å². The van der Waals surface area contributed by atoms with Gasteiger partial charge in [0, 0.05) is 12.0 Å². The summed E-state index contributed by atoms with van der Waals surface area (Å²) >= 11 is 9.63. The van der Waals surface area contributed by atoms with Gasteiger partial charge in [0.2, 0.25) is 0 Å². The van der Waals surface area contributed by atoms with Crippen molar-refractivity contribution in [3.05, 3.63) is 0 Å². The van der Waals surface area contributed by atoms with Crippen molar-refractivity contribution < 1.29 is 8.37 Å². The summed E-state index contributed by atoms with van der Waals surface area (Å²) in [5.74, 6) is 0. The molecule has 0 saturated heterocycles. The maximum Gasteiger partial charge on any atom is 0.150 e. The normalized spacial score (nSPS) is 16.7. The van der Waals surface area contributed by atoms with Crippen LogP contribution in [0.2, 0.25) is 0 Å². The molecule has 0 radical (unpaired) electrons. The fourth-order valence-corrected chi connectivity index (χ4v) is 1.72. The molecule has 0 spiro atoms. The highest BCUT2D eigenvalue weighted by Gasteiger charge is 2.30. The smallest absolute Gasteiger partial charge is 0.150 e. The molecule has 0 fully saturated rings. The van der Waals surface area contributed by atoms with Crippen LogP contribution < -0.4 is 0 Å². The van der Waals surface area contributed by atoms with Crippen molar-refractivity contribution in [3.63, 3.8) is 0 Å². The van der Waals surface area contributed by atoms with E-state index in [1.54, 1.807) is 0 Å². The second kappa shape index (κ2) is 6.53. The van der Waals surface area contributed by atoms with E-state index < -0.39 is 4.93 Å². The van der Waals surface area contributed by atoms with Gasteiger partial charge in [-0.15, -0.1) is 12.6 Å². The van der Waals surface area contributed by atoms with Crippen LogP contribution in [0.5, 0.6) is 0 Å². The van der Waals surface area contributed by atoms with Gasteiger partial charge in [-0.25, -0.2) is 0 Å². The average Bonchev–Trinajstić information content (AvgIpc) is 2.25. The SMILES string of the molecule is CCC(S)(CC)OSC(C)(CC)OS. The van der Waals surface area contributed by atoms with Gasteiger partial charge in [0.15, 0.2) is 0 Å². The lowest BCUT2D eigenvalue weighted by atomic mass is 10.2. The Labute approximate surface area is 103 Å². The Morgan fingerprint density at radius 3 is 1.93 bits per heavy atom. The molecule has 0 aliphatic rings. The molecule has 0 aliphatic carbocycles. The zero-order valence-electron chi connectivity index (χ0n) is 9.24. The van der Waals surface area contributed by atoms with Crippen LogP contribution >= 0.6 is 37.6 Å². The Hall–Kier alpha value is 0.970. The van der Waals surface area contributed by atoms with Gasteiger partial charge in [-0.1, -0.05) is 20.8 Å². The number of thiol groups is 2. The fraction of sp³-hybridized carbons (Fsp3) is 1.00. The lowest BCUT2D eigenvalue weighted by Gasteiger charge is -2.30. The van der Waals surface area contributed by atoms with Gasteiger partial charge in [0.1, 0.15) is 9.87 Å². The van der Waals surface area contributed by atoms with E-state index in [2.05, 4.69) is 39.4 Å². The van der Waals surface area contributed by atoms with Gasteiger partial charge >= 0.3 is 0 Å². The van der Waals surface area contributed by atoms with E-state index in [-0.39, 0.29) is 4.93 Å². The summed E-state index contributed by atoms with van der Waals surface area (Å²) in [5, 5.41) is 0. The molecule has 0 rings (SSSR count). The average molecular weight is 256 g/mol. The lowest BCUT2D eigenvalue weighted by Crippen LogP contribution is -2.26. The number of rotatable bonds is 7. The molecule has 0 aromatic rings. The third-order valence-corrected chi connectivity index (χ3v) is 4.81. The summed E-state index contributed by atoms with van der Waals surface area (Å²) in [6.45, 7) is 8.10. The molecule has 0 N–H and O–H groups in total. The first kappa shape index (κ1) is 15.0. The second-order valence-electron chi connectivity index (χ2n) is 3.40. The van der Waals surface area contributed by atoms with Crippen molar-refractivity contribution in [2.75, 3.05) is 0 Å². The van der Waals surface area contributed by atoms with Crippen LogP contribution in [0.4, 0.5) is 0 Å². The summed E-state index contributed by atoms with van der Waals surface area (Å²) in [7, 11) is 0. The van der Waals surface area contributed by atoms with E-state index in [0.29, 0.717) is 0 Å². The Bertz CT molecular complexity index is 138. The van der Waals surface area contributed by atoms with Crippen LogP contribution in [-0.4, -0.2) is 9.87 Å². The van der Waals surface area contributed by atoms with Crippen LogP contribution in [0.15, 0.2) is 0 Å². The first-order chi connectivity index (χ1) is 6.45. The first-order valence-corrected chi connectivity index (χ1v) is 6.42. The fourth-order valence-electron chi connectivity index (χ4n) is 0.672. The highest BCUT2D eigenvalue weighted by Crippen LogP contribution is 2.38. The minimum atomic E-state index is -0.401. The van der Waals surface area contributed by atoms with Crippen LogP contribution in [0.3, 0.4) is 0 Å². The molecule has 0 amide bonds. The van der Waals surface area contributed by atoms with E-state index in [9.17, 15) is 0 Å². The van der Waals surface area contributed by atoms with Crippen molar-refractivity contribution in [2.24, 2.45) is 0 Å². The quantitative estimate of drug-likeness (QED) is 0.406. The molecule has 0 aliphatic heterocycles. The maximum atomic E-state index is 5.68. The molecule has 0 bridgehead atoms. The third kappa shape index (κ3) is 4.66. The highest BCUT2D eigenvalue weighted by molar-refractivity contribution is 7.96. The third-order valence-electron chi connectivity index (χ3n) is 2.31. The predicted octanol–water partition coefficient (Wildman–Crippen LogP) is 4.08. The molecule has 1 unspecified atom stereocenters. The summed E-state index contributed by atoms with van der Waals surface area (Å²) in [6, 6.07) is 0. The van der Waals surface area contributed by atoms with E-state index in [0.717, 1.165) is 19.3 Å². The van der Waals surface area contributed by atoms with Crippen LogP contribution in [0.1, 0.15) is 47.0 Å². The zero-order valence-corrected chi connectivity index (χ0v) is 11.8. The highest BCUT2D eigenvalue weighted by atomic mass is 32.2. The molecule has 0 heterocycles. The van der Waals surface area contributed by atoms with Crippen molar-refractivity contribution in [3.8, 4) is 0 Å². The Balaban J connectivity index is 4.14. The standard InChI is InChI=1S/C9H20O2S3/c1-5-8(4,10-13)14-11-9(12,6-2)7-3/h12-13H,5-7H2,1-4H3. The molecule has 86 valence electrons. The largest absolute Gasteiger partial charge is 0.299 e. The maximum absolute atomic E-state index is 5.68. The Kier molecular flexibility index (Phi) is 6.98. The van der Waals surface area contributed by atoms with Gasteiger partial charge in [-0.2, -0.15) is 0 Å². The summed E-state index contributed by atoms with van der Waals surface area (Å²) in [5.41, 5.74) is 0. The summed E-state index contributed by atoms with van der Waals surface area (Å²) < 4.78 is 10.8. The summed E-state index contributed by atoms with van der Waals surface area (Å²) in [4.78, 5) is -0.769. The van der Waals surface area contributed by atoms with Crippen LogP contribution in [0.25, 0.3) is 0 Å². The van der Waals surface area contributed by atoms with Crippen molar-refractivity contribution in [1.29, 1.82) is 0 Å². The molecular weight excluding hydrogens is 236 g/mol. The molecular formula is C9H20O2S3. The minimum absolute atomic E-state index is 0.368. The van der Waals surface area contributed by atoms with E-state index in [1.165, 1.54) is 12.0 Å². The van der Waals surface area contributed by atoms with Crippen molar-refractivity contribution >= 4 is 37.6 Å². The van der Waals surface area contributed by atoms with Gasteiger partial charge in [0.25, 0.3) is 0 Å². The minimum Gasteiger partial charge on any atom is -0.299 e. The second-order valence-corrected chi connectivity index (χ2v) is 5.59. The molecule has 5 heteroatoms. The van der Waals surface area contributed by atoms with Gasteiger partial charge in [-0.3, -0.25) is 8.37 Å². The summed E-state index contributed by atoms with van der Waals surface area (Å²) in [6.07, 6.45) is 2.57. The van der Waals surface area contributed by atoms with E-state index in [1.807, 2.05) is 13.8 Å². The van der Waals surface area contributed by atoms with Crippen molar-refractivity contribution in [1.82, 2.24) is 0 Å². The first-order valence-electron chi connectivity index (χ1n) is 4.87. The van der Waals surface area contributed by atoms with Gasteiger partial charge < -0.3 is 0 Å². The topological polar surface area (TPSA) is 18.5 Å². The monoisotopic (exact) mass is 256 g/mol. The zero-order chi connectivity index (χ0) is 11.2. The molecule has 0 saturated carbocycles. The molecule has 0 aromatic carbocycles. The lowest BCUT2D eigenvalue weighted by molar-refractivity contribution is 0.158. The Morgan fingerprint density at radius 2 is 1.64 bits per heavy atom. The molecule has 0 aromatic heterocycles.